The van der Waals surface area contributed by atoms with E-state index in [4.69, 9.17) is 11.6 Å². The number of carbonyl (C=O) groups is 1. The number of aryl methyl sites for hydroxylation is 1. The lowest BCUT2D eigenvalue weighted by molar-refractivity contribution is -0.385. The Balaban J connectivity index is 2.18. The number of nitrogens with one attached hydrogen (secondary N) is 1. The molecule has 1 N–H and O–H groups in total. The Hall–Kier alpha value is -2.71. The molecule has 130 valence electrons. The molecule has 2 aromatic rings. The second-order valence-electron chi connectivity index (χ2n) is 5.06. The Morgan fingerprint density at radius 2 is 1.96 bits per heavy atom. The van der Waals surface area contributed by atoms with Crippen molar-refractivity contribution in [2.24, 2.45) is 0 Å². The Bertz CT molecular complexity index is 970. The lowest BCUT2D eigenvalue weighted by Gasteiger charge is -2.07. The van der Waals surface area contributed by atoms with Crippen LogP contribution in [-0.2, 0) is 14.8 Å². The molecule has 1 amide bonds. The number of nitro groups is 1. The van der Waals surface area contributed by atoms with Gasteiger partial charge in [0.25, 0.3) is 21.6 Å². The number of rotatable bonds is 5. The molecule has 2 rings (SSSR count). The Morgan fingerprint density at radius 3 is 2.56 bits per heavy atom. The van der Waals surface area contributed by atoms with Gasteiger partial charge < -0.3 is 0 Å². The molecule has 25 heavy (non-hydrogen) atoms. The molecule has 0 aliphatic carbocycles. The number of halogens is 1. The molecule has 9 heteroatoms. The van der Waals surface area contributed by atoms with Crippen LogP contribution in [0.5, 0.6) is 0 Å². The fourth-order valence-electron chi connectivity index (χ4n) is 2.05. The normalized spacial score (nSPS) is 11.4. The van der Waals surface area contributed by atoms with Crippen LogP contribution in [0.1, 0.15) is 11.1 Å². The molecule has 7 nitrogen and oxygen atoms in total. The van der Waals surface area contributed by atoms with E-state index in [2.05, 4.69) is 0 Å². The van der Waals surface area contributed by atoms with Crippen molar-refractivity contribution in [3.63, 3.8) is 0 Å². The van der Waals surface area contributed by atoms with Gasteiger partial charge in [-0.3, -0.25) is 14.9 Å². The number of sulfonamides is 1. The van der Waals surface area contributed by atoms with Crippen molar-refractivity contribution in [2.45, 2.75) is 11.8 Å². The number of non-ortho nitro benzene ring substituents is 1. The van der Waals surface area contributed by atoms with Crippen LogP contribution >= 0.6 is 11.6 Å². The second-order valence-corrected chi connectivity index (χ2v) is 7.15. The van der Waals surface area contributed by atoms with Gasteiger partial charge in [-0.1, -0.05) is 23.7 Å². The third kappa shape index (κ3) is 4.88. The van der Waals surface area contributed by atoms with Gasteiger partial charge in [-0.05, 0) is 42.3 Å². The van der Waals surface area contributed by atoms with E-state index in [0.29, 0.717) is 10.6 Å². The van der Waals surface area contributed by atoms with Gasteiger partial charge in [0.2, 0.25) is 0 Å². The first-order valence-electron chi connectivity index (χ1n) is 6.94. The summed E-state index contributed by atoms with van der Waals surface area (Å²) in [5.41, 5.74) is 0.559. The minimum atomic E-state index is -4.14. The van der Waals surface area contributed by atoms with E-state index in [1.807, 2.05) is 4.72 Å². The molecule has 0 aromatic heterocycles. The van der Waals surface area contributed by atoms with Gasteiger partial charge in [-0.25, -0.2) is 13.1 Å². The molecule has 0 saturated carbocycles. The molecule has 0 spiro atoms. The topological polar surface area (TPSA) is 106 Å². The molecular formula is C16H13ClN2O5S. The minimum absolute atomic E-state index is 0.160. The van der Waals surface area contributed by atoms with Crippen molar-refractivity contribution in [3.05, 3.63) is 74.8 Å². The molecule has 0 aliphatic heterocycles. The van der Waals surface area contributed by atoms with Crippen LogP contribution in [0, 0.1) is 17.0 Å². The number of hydrogen-bond acceptors (Lipinski definition) is 5. The summed E-state index contributed by atoms with van der Waals surface area (Å²) in [6.45, 7) is 1.41. The zero-order valence-corrected chi connectivity index (χ0v) is 14.5. The van der Waals surface area contributed by atoms with E-state index in [9.17, 15) is 23.3 Å². The zero-order chi connectivity index (χ0) is 18.6. The van der Waals surface area contributed by atoms with Crippen LogP contribution in [0.4, 0.5) is 5.69 Å². The summed E-state index contributed by atoms with van der Waals surface area (Å²) in [5, 5.41) is 11.2. The van der Waals surface area contributed by atoms with Crippen molar-refractivity contribution < 1.29 is 18.1 Å². The van der Waals surface area contributed by atoms with E-state index in [0.717, 1.165) is 24.3 Å². The molecule has 0 fully saturated rings. The van der Waals surface area contributed by atoms with E-state index < -0.39 is 20.9 Å². The highest BCUT2D eigenvalue weighted by Crippen LogP contribution is 2.21. The molecule has 2 aromatic carbocycles. The van der Waals surface area contributed by atoms with Crippen LogP contribution < -0.4 is 4.72 Å². The quantitative estimate of drug-likeness (QED) is 0.487. The number of nitrogens with zero attached hydrogens (tertiary/aromatic N) is 1. The molecule has 0 radical (unpaired) electrons. The minimum Gasteiger partial charge on any atom is -0.269 e. The maximum absolute atomic E-state index is 12.3. The molecule has 0 aliphatic rings. The summed E-state index contributed by atoms with van der Waals surface area (Å²) in [4.78, 5) is 21.7. The summed E-state index contributed by atoms with van der Waals surface area (Å²) in [5.74, 6) is -0.849. The monoisotopic (exact) mass is 380 g/mol. The highest BCUT2D eigenvalue weighted by atomic mass is 35.5. The highest BCUT2D eigenvalue weighted by molar-refractivity contribution is 7.90. The van der Waals surface area contributed by atoms with Gasteiger partial charge >= 0.3 is 0 Å². The number of nitro benzene ring substituents is 1. The van der Waals surface area contributed by atoms with Gasteiger partial charge in [0.05, 0.1) is 9.82 Å². The Labute approximate surface area is 149 Å². The smallest absolute Gasteiger partial charge is 0.269 e. The van der Waals surface area contributed by atoms with Crippen LogP contribution in [0.3, 0.4) is 0 Å². The van der Waals surface area contributed by atoms with Crippen molar-refractivity contribution in [3.8, 4) is 0 Å². The fourth-order valence-corrected chi connectivity index (χ4v) is 3.42. The van der Waals surface area contributed by atoms with Crippen molar-refractivity contribution in [1.82, 2.24) is 4.72 Å². The first kappa shape index (κ1) is 18.6. The molecular weight excluding hydrogens is 368 g/mol. The lowest BCUT2D eigenvalue weighted by atomic mass is 10.2. The standard InChI is InChI=1S/C16H13ClN2O5S/c1-11-9-14(19(21)22)6-7-15(11)25(23,24)18-16(20)8-5-12-3-2-4-13(17)10-12/h2-10H,1H3,(H,18,20). The number of hydrogen-bond donors (Lipinski definition) is 1. The number of amides is 1. The first-order valence-corrected chi connectivity index (χ1v) is 8.80. The van der Waals surface area contributed by atoms with Crippen molar-refractivity contribution in [2.75, 3.05) is 0 Å². The molecule has 0 unspecified atom stereocenters. The van der Waals surface area contributed by atoms with E-state index >= 15 is 0 Å². The van der Waals surface area contributed by atoms with Gasteiger partial charge in [0.15, 0.2) is 0 Å². The van der Waals surface area contributed by atoms with Gasteiger partial charge in [0, 0.05) is 23.2 Å². The first-order chi connectivity index (χ1) is 11.7. The number of carbonyl (C=O) groups excluding carboxylic acids is 1. The number of benzene rings is 2. The van der Waals surface area contributed by atoms with Crippen LogP contribution in [0.15, 0.2) is 53.4 Å². The van der Waals surface area contributed by atoms with E-state index in [1.165, 1.54) is 13.0 Å². The summed E-state index contributed by atoms with van der Waals surface area (Å²) in [6, 6.07) is 9.95. The maximum atomic E-state index is 12.3. The summed E-state index contributed by atoms with van der Waals surface area (Å²) in [7, 11) is -4.14. The van der Waals surface area contributed by atoms with Crippen LogP contribution in [0.2, 0.25) is 5.02 Å². The predicted molar refractivity (Wildman–Crippen MR) is 93.6 cm³/mol. The molecule has 0 heterocycles. The zero-order valence-electron chi connectivity index (χ0n) is 13.0. The van der Waals surface area contributed by atoms with E-state index in [1.54, 1.807) is 24.3 Å². The maximum Gasteiger partial charge on any atom is 0.269 e. The third-order valence-electron chi connectivity index (χ3n) is 3.17. The average molecular weight is 381 g/mol. The Morgan fingerprint density at radius 1 is 1.24 bits per heavy atom. The molecule has 0 bridgehead atoms. The van der Waals surface area contributed by atoms with Gasteiger partial charge in [-0.15, -0.1) is 0 Å². The summed E-state index contributed by atoms with van der Waals surface area (Å²) < 4.78 is 26.4. The van der Waals surface area contributed by atoms with Crippen molar-refractivity contribution >= 4 is 39.3 Å². The van der Waals surface area contributed by atoms with Crippen LogP contribution in [0.25, 0.3) is 6.08 Å². The largest absolute Gasteiger partial charge is 0.269 e. The summed E-state index contributed by atoms with van der Waals surface area (Å²) >= 11 is 5.82. The second kappa shape index (κ2) is 7.45. The van der Waals surface area contributed by atoms with Crippen LogP contribution in [-0.4, -0.2) is 19.2 Å². The predicted octanol–water partition coefficient (Wildman–Crippen LogP) is 3.07. The van der Waals surface area contributed by atoms with Crippen molar-refractivity contribution in [1.29, 1.82) is 0 Å². The van der Waals surface area contributed by atoms with Gasteiger partial charge in [-0.2, -0.15) is 0 Å². The average Bonchev–Trinajstić information content (AvgIpc) is 2.52. The SMILES string of the molecule is Cc1cc([N+](=O)[O-])ccc1S(=O)(=O)NC(=O)C=Cc1cccc(Cl)c1. The molecule has 0 saturated heterocycles. The Kier molecular flexibility index (Phi) is 5.55. The summed E-state index contributed by atoms with van der Waals surface area (Å²) in [6.07, 6.45) is 2.48. The highest BCUT2D eigenvalue weighted by Gasteiger charge is 2.20. The fraction of sp³-hybridized carbons (Fsp3) is 0.0625. The third-order valence-corrected chi connectivity index (χ3v) is 4.91. The lowest BCUT2D eigenvalue weighted by Crippen LogP contribution is -2.29. The van der Waals surface area contributed by atoms with Gasteiger partial charge in [0.1, 0.15) is 0 Å². The molecule has 0 atom stereocenters. The van der Waals surface area contributed by atoms with E-state index in [-0.39, 0.29) is 16.1 Å².